The minimum atomic E-state index is -4.25. The topological polar surface area (TPSA) is 174 Å². The predicted molar refractivity (Wildman–Crippen MR) is 233 cm³/mol. The van der Waals surface area contributed by atoms with Crippen LogP contribution >= 0.6 is 11.6 Å². The lowest BCUT2D eigenvalue weighted by molar-refractivity contribution is -0.119. The van der Waals surface area contributed by atoms with E-state index in [2.05, 4.69) is 43.7 Å². The number of hydrogen-bond donors (Lipinski definition) is 2. The number of anilines is 2. The average molecular weight is 842 g/mol. The molecule has 0 saturated carbocycles. The molecule has 2 N–H and O–H groups in total. The second-order valence-electron chi connectivity index (χ2n) is 14.8. The number of carbonyl (C=O) groups is 2. The van der Waals surface area contributed by atoms with Crippen molar-refractivity contribution in [3.63, 3.8) is 0 Å². The molecule has 0 aliphatic carbocycles. The van der Waals surface area contributed by atoms with Crippen LogP contribution in [0.1, 0.15) is 102 Å². The number of aromatic nitrogens is 5. The van der Waals surface area contributed by atoms with E-state index in [4.69, 9.17) is 16.6 Å². The van der Waals surface area contributed by atoms with Gasteiger partial charge >= 0.3 is 0 Å². The molecule has 0 unspecified atom stereocenters. The molecule has 0 bridgehead atoms. The van der Waals surface area contributed by atoms with Gasteiger partial charge in [-0.25, -0.2) is 37.7 Å². The van der Waals surface area contributed by atoms with Crippen molar-refractivity contribution in [2.75, 3.05) is 23.3 Å². The number of hydrogen-bond acceptors (Lipinski definition) is 10. The number of fused-ring (bicyclic) bond motifs is 2. The summed E-state index contributed by atoms with van der Waals surface area (Å²) >= 11 is 6.62. The van der Waals surface area contributed by atoms with Crippen LogP contribution in [0.3, 0.4) is 0 Å². The molecule has 5 aromatic rings. The van der Waals surface area contributed by atoms with Crippen molar-refractivity contribution >= 4 is 67.4 Å². The van der Waals surface area contributed by atoms with E-state index in [0.717, 1.165) is 62.5 Å². The second kappa shape index (κ2) is 20.0. The van der Waals surface area contributed by atoms with Gasteiger partial charge in [-0.3, -0.25) is 14.4 Å². The number of nitrogens with zero attached hydrogens (tertiary/aromatic N) is 7. The third-order valence-corrected chi connectivity index (χ3v) is 12.2. The molecule has 1 aliphatic rings. The zero-order valence-corrected chi connectivity index (χ0v) is 35.5. The maximum Gasteiger partial charge on any atom is 0.287 e. The Kier molecular flexibility index (Phi) is 14.7. The van der Waals surface area contributed by atoms with E-state index in [-0.39, 0.29) is 44.7 Å². The van der Waals surface area contributed by atoms with Gasteiger partial charge in [-0.1, -0.05) is 76.3 Å². The lowest BCUT2D eigenvalue weighted by Gasteiger charge is -2.30. The number of carbonyl (C=O) groups excluding carboxylic acids is 2. The minimum Gasteiger partial charge on any atom is -0.372 e. The zero-order valence-electron chi connectivity index (χ0n) is 33.9. The molecule has 0 atom stereocenters. The minimum absolute atomic E-state index is 0.000997. The largest absolute Gasteiger partial charge is 0.372 e. The predicted octanol–water partition coefficient (Wildman–Crippen LogP) is 7.82. The standard InChI is InChI=1S/C43H52ClN9O5S/c1-4-6-7-8-9-10-11-12-13-14-18-36(54)50-59(57,58)32-21-22-34(33(44)29-32)48-42(55)39(47-31-20-23-35-30(28-31)17-15-27-52(35)5-2)41-49-40-38(45-24-25-46-40)43(56)53(41)37-19-16-26-51(37)3/h16,19-26,28-29H,4-15,17-18,27H2,1-3H3,(H,48,55)(H,50,54). The van der Waals surface area contributed by atoms with Gasteiger partial charge in [-0.2, -0.15) is 0 Å². The Bertz CT molecular complexity index is 2500. The van der Waals surface area contributed by atoms with Crippen molar-refractivity contribution in [1.29, 1.82) is 0 Å². The molecule has 0 fully saturated rings. The molecule has 2 aromatic carbocycles. The molecule has 0 radical (unpaired) electrons. The Morgan fingerprint density at radius 3 is 2.34 bits per heavy atom. The number of benzene rings is 2. The van der Waals surface area contributed by atoms with Gasteiger partial charge in [0.1, 0.15) is 5.82 Å². The summed E-state index contributed by atoms with van der Waals surface area (Å²) in [5, 5.41) is 2.65. The van der Waals surface area contributed by atoms with Crippen LogP contribution in [0.2, 0.25) is 5.02 Å². The number of nitrogens with one attached hydrogen (secondary N) is 2. The maximum atomic E-state index is 14.5. The second-order valence-corrected chi connectivity index (χ2v) is 16.9. The van der Waals surface area contributed by atoms with Gasteiger partial charge in [0.25, 0.3) is 21.5 Å². The summed E-state index contributed by atoms with van der Waals surface area (Å²) in [5.74, 6) is -1.08. The Morgan fingerprint density at radius 2 is 1.64 bits per heavy atom. The smallest absolute Gasteiger partial charge is 0.287 e. The summed E-state index contributed by atoms with van der Waals surface area (Å²) in [4.78, 5) is 61.3. The molecule has 14 nitrogen and oxygen atoms in total. The van der Waals surface area contributed by atoms with Gasteiger partial charge in [-0.15, -0.1) is 0 Å². The van der Waals surface area contributed by atoms with Crippen molar-refractivity contribution in [1.82, 2.24) is 28.8 Å². The average Bonchev–Trinajstić information content (AvgIpc) is 3.65. The molecule has 2 amide bonds. The fraction of sp³-hybridized carbons (Fsp3) is 0.419. The number of sulfonamides is 1. The van der Waals surface area contributed by atoms with Crippen LogP contribution in [0.25, 0.3) is 17.0 Å². The third kappa shape index (κ3) is 10.6. The Hall–Kier alpha value is -5.41. The van der Waals surface area contributed by atoms with E-state index in [1.165, 1.54) is 67.6 Å². The van der Waals surface area contributed by atoms with E-state index in [9.17, 15) is 22.8 Å². The van der Waals surface area contributed by atoms with Gasteiger partial charge in [0, 0.05) is 50.8 Å². The third-order valence-electron chi connectivity index (χ3n) is 10.5. The fourth-order valence-corrected chi connectivity index (χ4v) is 8.67. The quantitative estimate of drug-likeness (QED) is 0.0621. The zero-order chi connectivity index (χ0) is 41.9. The Morgan fingerprint density at radius 1 is 0.915 bits per heavy atom. The van der Waals surface area contributed by atoms with E-state index in [0.29, 0.717) is 17.9 Å². The molecule has 0 saturated heterocycles. The summed E-state index contributed by atoms with van der Waals surface area (Å²) in [7, 11) is -2.50. The van der Waals surface area contributed by atoms with Crippen molar-refractivity contribution in [3.8, 4) is 5.82 Å². The van der Waals surface area contributed by atoms with Crippen molar-refractivity contribution in [2.24, 2.45) is 12.0 Å². The molecule has 0 spiro atoms. The molecule has 6 rings (SSSR count). The van der Waals surface area contributed by atoms with Crippen LogP contribution in [-0.4, -0.2) is 63.1 Å². The molecule has 1 aliphatic heterocycles. The van der Waals surface area contributed by atoms with Crippen LogP contribution < -0.4 is 20.5 Å². The number of rotatable bonds is 19. The van der Waals surface area contributed by atoms with E-state index >= 15 is 0 Å². The molecule has 312 valence electrons. The number of unbranched alkanes of at least 4 members (excludes halogenated alkanes) is 9. The summed E-state index contributed by atoms with van der Waals surface area (Å²) < 4.78 is 31.5. The van der Waals surface area contributed by atoms with Gasteiger partial charge in [0.2, 0.25) is 5.91 Å². The highest BCUT2D eigenvalue weighted by Gasteiger charge is 2.27. The molecular formula is C43H52ClN9O5S. The molecule has 4 heterocycles. The monoisotopic (exact) mass is 841 g/mol. The first kappa shape index (κ1) is 43.2. The molecule has 16 heteroatoms. The highest BCUT2D eigenvalue weighted by Crippen LogP contribution is 2.32. The van der Waals surface area contributed by atoms with Crippen LogP contribution in [0, 0.1) is 0 Å². The van der Waals surface area contributed by atoms with Crippen molar-refractivity contribution in [2.45, 2.75) is 102 Å². The molecule has 3 aromatic heterocycles. The fourth-order valence-electron chi connectivity index (χ4n) is 7.34. The van der Waals surface area contributed by atoms with Gasteiger partial charge in [0.05, 0.1) is 21.3 Å². The first-order valence-electron chi connectivity index (χ1n) is 20.5. The lowest BCUT2D eigenvalue weighted by atomic mass is 10.0. The normalized spacial score (nSPS) is 13.1. The highest BCUT2D eigenvalue weighted by molar-refractivity contribution is 7.90. The lowest BCUT2D eigenvalue weighted by Crippen LogP contribution is -2.34. The number of halogens is 1. The molecular weight excluding hydrogens is 790 g/mol. The first-order chi connectivity index (χ1) is 28.5. The van der Waals surface area contributed by atoms with Crippen molar-refractivity contribution < 1.29 is 18.0 Å². The SMILES string of the molecule is CCCCCCCCCCCCC(=O)NS(=O)(=O)c1ccc(NC(=O)C(=Nc2ccc3c(c2)CCCN3CC)c2nc3nccnc3c(=O)n2-c2cccn2C)c(Cl)c1. The number of aryl methyl sites for hydroxylation is 2. The van der Waals surface area contributed by atoms with E-state index in [1.54, 1.807) is 29.9 Å². The van der Waals surface area contributed by atoms with Gasteiger partial charge < -0.3 is 14.8 Å². The highest BCUT2D eigenvalue weighted by atomic mass is 35.5. The summed E-state index contributed by atoms with van der Waals surface area (Å²) in [6.07, 6.45) is 17.4. The molecule has 59 heavy (non-hydrogen) atoms. The van der Waals surface area contributed by atoms with Gasteiger partial charge in [0.15, 0.2) is 22.7 Å². The van der Waals surface area contributed by atoms with Gasteiger partial charge in [-0.05, 0) is 80.3 Å². The maximum absolute atomic E-state index is 14.5. The van der Waals surface area contributed by atoms with Crippen LogP contribution in [-0.2, 0) is 33.1 Å². The summed E-state index contributed by atoms with van der Waals surface area (Å²) in [5.41, 5.74) is 1.92. The van der Waals surface area contributed by atoms with Crippen LogP contribution in [0.15, 0.2) is 81.8 Å². The first-order valence-corrected chi connectivity index (χ1v) is 22.4. The number of amides is 2. The van der Waals surface area contributed by atoms with Crippen LogP contribution in [0.4, 0.5) is 17.1 Å². The van der Waals surface area contributed by atoms with E-state index < -0.39 is 27.4 Å². The van der Waals surface area contributed by atoms with Crippen LogP contribution in [0.5, 0.6) is 0 Å². The Balaban J connectivity index is 1.25. The summed E-state index contributed by atoms with van der Waals surface area (Å²) in [6, 6.07) is 12.9. The van der Waals surface area contributed by atoms with E-state index in [1.807, 2.05) is 18.2 Å². The Labute approximate surface area is 350 Å². The van der Waals surface area contributed by atoms with Crippen molar-refractivity contribution in [3.05, 3.63) is 93.9 Å². The number of aliphatic imine (C=N–C) groups is 1. The summed E-state index contributed by atoms with van der Waals surface area (Å²) in [6.45, 7) is 6.09.